The number of nitrogens with zero attached hydrogens (tertiary/aromatic N) is 1. The second-order valence-corrected chi connectivity index (χ2v) is 9.96. The molecule has 0 radical (unpaired) electrons. The molecule has 5 nitrogen and oxygen atoms in total. The van der Waals surface area contributed by atoms with Crippen molar-refractivity contribution in [2.75, 3.05) is 38.7 Å². The zero-order valence-corrected chi connectivity index (χ0v) is 19.4. The van der Waals surface area contributed by atoms with Gasteiger partial charge in [-0.05, 0) is 79.0 Å². The van der Waals surface area contributed by atoms with Gasteiger partial charge < -0.3 is 14.8 Å². The van der Waals surface area contributed by atoms with Crippen LogP contribution in [0.3, 0.4) is 0 Å². The first kappa shape index (κ1) is 21.5. The maximum atomic E-state index is 13.5. The fraction of sp³-hybridized carbons (Fsp3) is 0.519. The summed E-state index contributed by atoms with van der Waals surface area (Å²) in [5, 5.41) is 3.52. The lowest BCUT2D eigenvalue weighted by Gasteiger charge is -2.53. The molecule has 5 rings (SSSR count). The van der Waals surface area contributed by atoms with E-state index in [1.54, 1.807) is 7.11 Å². The number of nitrogens with one attached hydrogen (secondary N) is 1. The lowest BCUT2D eigenvalue weighted by atomic mass is 9.58. The van der Waals surface area contributed by atoms with Gasteiger partial charge in [0.05, 0.1) is 12.6 Å². The molecule has 2 bridgehead atoms. The quantitative estimate of drug-likeness (QED) is 0.591. The molecule has 32 heavy (non-hydrogen) atoms. The van der Waals surface area contributed by atoms with Gasteiger partial charge in [-0.2, -0.15) is 0 Å². The van der Waals surface area contributed by atoms with E-state index in [0.717, 1.165) is 48.1 Å². The van der Waals surface area contributed by atoms with Crippen molar-refractivity contribution in [2.45, 2.75) is 44.6 Å². The average molecular weight is 435 g/mol. The zero-order chi connectivity index (χ0) is 22.3. The summed E-state index contributed by atoms with van der Waals surface area (Å²) in [5.74, 6) is 2.25. The van der Waals surface area contributed by atoms with Gasteiger partial charge in [-0.15, -0.1) is 0 Å². The Kier molecular flexibility index (Phi) is 5.72. The number of piperidine rings is 1. The largest absolute Gasteiger partial charge is 0.491 e. The number of rotatable bonds is 8. The maximum absolute atomic E-state index is 13.5. The van der Waals surface area contributed by atoms with E-state index < -0.39 is 0 Å². The molecule has 170 valence electrons. The predicted molar refractivity (Wildman–Crippen MR) is 127 cm³/mol. The molecule has 2 aromatic rings. The van der Waals surface area contributed by atoms with Crippen molar-refractivity contribution in [3.8, 4) is 5.75 Å². The third kappa shape index (κ3) is 3.93. The molecule has 1 aliphatic heterocycles. The highest BCUT2D eigenvalue weighted by Gasteiger charge is 2.52. The van der Waals surface area contributed by atoms with Crippen LogP contribution < -0.4 is 10.1 Å². The number of hydrogen-bond acceptors (Lipinski definition) is 5. The Bertz CT molecular complexity index is 1000. The van der Waals surface area contributed by atoms with E-state index >= 15 is 0 Å². The van der Waals surface area contributed by atoms with E-state index in [1.807, 2.05) is 36.4 Å². The Balaban J connectivity index is 1.39. The van der Waals surface area contributed by atoms with Gasteiger partial charge in [-0.25, -0.2) is 0 Å². The number of benzene rings is 2. The number of fused-ring (bicyclic) bond motifs is 4. The van der Waals surface area contributed by atoms with Gasteiger partial charge in [0.1, 0.15) is 12.4 Å². The first-order chi connectivity index (χ1) is 15.5. The van der Waals surface area contributed by atoms with Crippen molar-refractivity contribution >= 4 is 17.2 Å². The summed E-state index contributed by atoms with van der Waals surface area (Å²) in [6.07, 6.45) is 3.75. The number of carbonyl (C=O) groups is 1. The predicted octanol–water partition coefficient (Wildman–Crippen LogP) is 5.03. The van der Waals surface area contributed by atoms with Crippen LogP contribution in [0.2, 0.25) is 0 Å². The van der Waals surface area contributed by atoms with Crippen LogP contribution in [0, 0.1) is 11.8 Å². The van der Waals surface area contributed by atoms with E-state index in [1.165, 1.54) is 18.4 Å². The molecule has 2 fully saturated rings. The highest BCUT2D eigenvalue weighted by atomic mass is 16.5. The van der Waals surface area contributed by atoms with Gasteiger partial charge in [0.15, 0.2) is 5.78 Å². The van der Waals surface area contributed by atoms with Crippen molar-refractivity contribution in [3.05, 3.63) is 53.6 Å². The van der Waals surface area contributed by atoms with Gasteiger partial charge in [0.25, 0.3) is 0 Å². The van der Waals surface area contributed by atoms with E-state index in [9.17, 15) is 4.79 Å². The van der Waals surface area contributed by atoms with E-state index in [2.05, 4.69) is 30.1 Å². The molecular formula is C27H34N2O3. The summed E-state index contributed by atoms with van der Waals surface area (Å²) < 4.78 is 10.8. The minimum atomic E-state index is 0.0246. The molecule has 2 aliphatic carbocycles. The van der Waals surface area contributed by atoms with Gasteiger partial charge in [-0.3, -0.25) is 9.69 Å². The van der Waals surface area contributed by atoms with Gasteiger partial charge in [0.2, 0.25) is 0 Å². The maximum Gasteiger partial charge on any atom is 0.180 e. The summed E-state index contributed by atoms with van der Waals surface area (Å²) >= 11 is 0. The van der Waals surface area contributed by atoms with Crippen LogP contribution in [-0.2, 0) is 10.2 Å². The molecule has 3 aliphatic rings. The van der Waals surface area contributed by atoms with Gasteiger partial charge in [-0.1, -0.05) is 19.9 Å². The lowest BCUT2D eigenvalue weighted by Crippen LogP contribution is -2.61. The number of methoxy groups -OCH3 is 1. The van der Waals surface area contributed by atoms with Crippen LogP contribution in [-0.4, -0.2) is 50.1 Å². The number of ether oxygens (including phenoxy) is 2. The molecule has 0 aromatic heterocycles. The van der Waals surface area contributed by atoms with Crippen molar-refractivity contribution in [1.82, 2.24) is 4.90 Å². The summed E-state index contributed by atoms with van der Waals surface area (Å²) in [6, 6.07) is 14.3. The minimum Gasteiger partial charge on any atom is -0.491 e. The van der Waals surface area contributed by atoms with Crippen LogP contribution in [0.4, 0.5) is 11.4 Å². The Hall–Kier alpha value is -2.37. The first-order valence-corrected chi connectivity index (χ1v) is 11.9. The summed E-state index contributed by atoms with van der Waals surface area (Å²) in [5.41, 5.74) is 4.12. The monoisotopic (exact) mass is 434 g/mol. The molecule has 5 heteroatoms. The van der Waals surface area contributed by atoms with Crippen molar-refractivity contribution in [2.24, 2.45) is 11.8 Å². The molecule has 0 amide bonds. The highest BCUT2D eigenvalue weighted by Crippen LogP contribution is 2.50. The number of ketones is 1. The number of likely N-dealkylation sites (tertiary alicyclic amines) is 1. The molecule has 3 atom stereocenters. The van der Waals surface area contributed by atoms with E-state index in [-0.39, 0.29) is 11.5 Å². The van der Waals surface area contributed by atoms with Crippen LogP contribution in [0.25, 0.3) is 0 Å². The van der Waals surface area contributed by atoms with E-state index in [0.29, 0.717) is 24.9 Å². The Morgan fingerprint density at radius 2 is 1.94 bits per heavy atom. The van der Waals surface area contributed by atoms with Crippen molar-refractivity contribution in [1.29, 1.82) is 0 Å². The molecule has 2 aromatic carbocycles. The minimum absolute atomic E-state index is 0.0246. The fourth-order valence-electron chi connectivity index (χ4n) is 5.56. The SMILES string of the molecule is COCCOc1cccc(Nc2ccc3c(c2)[C@]2(C)CCN(CC4CC4)C(C3=O)[C@@H]2C)c1. The molecule has 1 saturated heterocycles. The Morgan fingerprint density at radius 1 is 1.12 bits per heavy atom. The number of anilines is 2. The van der Waals surface area contributed by atoms with Crippen molar-refractivity contribution in [3.63, 3.8) is 0 Å². The fourth-order valence-corrected chi connectivity index (χ4v) is 5.56. The van der Waals surface area contributed by atoms with Gasteiger partial charge >= 0.3 is 0 Å². The molecule has 1 unspecified atom stereocenters. The Morgan fingerprint density at radius 3 is 2.72 bits per heavy atom. The molecule has 1 heterocycles. The first-order valence-electron chi connectivity index (χ1n) is 11.9. The van der Waals surface area contributed by atoms with Crippen molar-refractivity contribution < 1.29 is 14.3 Å². The average Bonchev–Trinajstić information content (AvgIpc) is 3.60. The number of hydrogen-bond donors (Lipinski definition) is 1. The number of carbonyl (C=O) groups excluding carboxylic acids is 1. The second kappa shape index (κ2) is 8.53. The normalized spacial score (nSPS) is 27.2. The Labute approximate surface area is 191 Å². The number of Topliss-reactive ketones (excluding diaryl/α,β-unsaturated/α-hetero) is 1. The molecule has 1 saturated carbocycles. The summed E-state index contributed by atoms with van der Waals surface area (Å²) in [4.78, 5) is 16.0. The highest BCUT2D eigenvalue weighted by molar-refractivity contribution is 6.04. The third-order valence-electron chi connectivity index (χ3n) is 7.83. The second-order valence-electron chi connectivity index (χ2n) is 9.96. The third-order valence-corrected chi connectivity index (χ3v) is 7.83. The smallest absolute Gasteiger partial charge is 0.180 e. The van der Waals surface area contributed by atoms with Crippen LogP contribution >= 0.6 is 0 Å². The van der Waals surface area contributed by atoms with Gasteiger partial charge in [0, 0.05) is 36.7 Å². The lowest BCUT2D eigenvalue weighted by molar-refractivity contribution is 0.0266. The van der Waals surface area contributed by atoms with Crippen LogP contribution in [0.1, 0.15) is 49.0 Å². The molecule has 1 N–H and O–H groups in total. The van der Waals surface area contributed by atoms with Crippen LogP contribution in [0.15, 0.2) is 42.5 Å². The summed E-state index contributed by atoms with van der Waals surface area (Å²) in [6.45, 7) is 7.84. The summed E-state index contributed by atoms with van der Waals surface area (Å²) in [7, 11) is 1.67. The zero-order valence-electron chi connectivity index (χ0n) is 19.4. The van der Waals surface area contributed by atoms with Crippen LogP contribution in [0.5, 0.6) is 5.75 Å². The topological polar surface area (TPSA) is 50.8 Å². The standard InChI is InChI=1S/C27H34N2O3/c1-18-25-26(30)23-10-9-21(28-20-5-4-6-22(15-20)32-14-13-31-3)16-24(23)27(18,2)11-12-29(25)17-19-7-8-19/h4-6,9-10,15-16,18-19,25,28H,7-8,11-14,17H2,1-3H3/t18-,25?,27+/m0/s1. The molecule has 0 spiro atoms. The molecular weight excluding hydrogens is 400 g/mol. The van der Waals surface area contributed by atoms with E-state index in [4.69, 9.17) is 9.47 Å².